The third kappa shape index (κ3) is 6.33. The molecule has 1 atom stereocenters. The fourth-order valence-electron chi connectivity index (χ4n) is 5.04. The maximum Gasteiger partial charge on any atom is 0.338 e. The summed E-state index contributed by atoms with van der Waals surface area (Å²) >= 11 is 8.51. The number of nitriles is 1. The highest BCUT2D eigenvalue weighted by atomic mass is 127. The van der Waals surface area contributed by atoms with Gasteiger partial charge in [-0.3, -0.25) is 9.36 Å². The number of hydrogen-bond acceptors (Lipinski definition) is 8. The number of hydrogen-bond donors (Lipinski definition) is 0. The highest BCUT2D eigenvalue weighted by molar-refractivity contribution is 14.1. The van der Waals surface area contributed by atoms with Gasteiger partial charge in [-0.2, -0.15) is 5.26 Å². The molecule has 5 aromatic rings. The summed E-state index contributed by atoms with van der Waals surface area (Å²) in [5.41, 5.74) is 3.28. The normalized spacial score (nSPS) is 14.4. The molecule has 11 heteroatoms. The van der Waals surface area contributed by atoms with Crippen LogP contribution in [-0.4, -0.2) is 17.1 Å². The van der Waals surface area contributed by atoms with Crippen LogP contribution in [-0.2, 0) is 16.1 Å². The smallest absolute Gasteiger partial charge is 0.338 e. The predicted octanol–water partition coefficient (Wildman–Crippen LogP) is 6.81. The van der Waals surface area contributed by atoms with Crippen molar-refractivity contribution in [2.45, 2.75) is 19.6 Å². The zero-order valence-corrected chi connectivity index (χ0v) is 29.1. The minimum absolute atomic E-state index is 0.186. The lowest BCUT2D eigenvalue weighted by atomic mass is 9.97. The highest BCUT2D eigenvalue weighted by Crippen LogP contribution is 2.37. The first-order valence-electron chi connectivity index (χ1n) is 13.8. The standard InChI is InChI=1S/C34H23BrIN3O4S2/c1-2-42-33(41)28-29(20-9-4-3-5-10-20)38-34-39(30(28)26-13-8-14-44-26)32(40)27(45-34)16-23-15-24(35)17-25(36)31(23)43-19-22-12-7-6-11-21(22)18-37/h3-17,30H,2,19H2,1H3/b27-16-/t30-/m1/s1. The van der Waals surface area contributed by atoms with Gasteiger partial charge >= 0.3 is 5.97 Å². The Morgan fingerprint density at radius 2 is 1.91 bits per heavy atom. The van der Waals surface area contributed by atoms with Crippen LogP contribution < -0.4 is 19.6 Å². The van der Waals surface area contributed by atoms with Gasteiger partial charge in [-0.05, 0) is 65.2 Å². The number of carbonyl (C=O) groups excluding carboxylic acids is 1. The van der Waals surface area contributed by atoms with Gasteiger partial charge in [0.15, 0.2) is 4.80 Å². The number of ether oxygens (including phenoxy) is 2. The second-order valence-electron chi connectivity index (χ2n) is 9.81. The van der Waals surface area contributed by atoms with E-state index in [1.54, 1.807) is 23.6 Å². The molecule has 0 saturated heterocycles. The van der Waals surface area contributed by atoms with E-state index in [0.29, 0.717) is 37.5 Å². The van der Waals surface area contributed by atoms with Crippen LogP contribution in [0, 0.1) is 14.9 Å². The summed E-state index contributed by atoms with van der Waals surface area (Å²) in [6.45, 7) is 2.13. The molecule has 1 aliphatic heterocycles. The number of halogens is 2. The molecule has 0 radical (unpaired) electrons. The van der Waals surface area contributed by atoms with Crippen molar-refractivity contribution in [3.63, 3.8) is 0 Å². The number of benzene rings is 3. The molecular formula is C34H23BrIN3O4S2. The molecule has 0 amide bonds. The second-order valence-corrected chi connectivity index (χ2v) is 13.9. The maximum atomic E-state index is 14.3. The van der Waals surface area contributed by atoms with Crippen LogP contribution in [0.15, 0.2) is 104 Å². The number of esters is 1. The van der Waals surface area contributed by atoms with E-state index < -0.39 is 12.0 Å². The van der Waals surface area contributed by atoms with Crippen molar-refractivity contribution in [2.75, 3.05) is 6.61 Å². The molecule has 0 aliphatic carbocycles. The molecule has 224 valence electrons. The largest absolute Gasteiger partial charge is 0.487 e. The molecule has 3 aromatic carbocycles. The number of carbonyl (C=O) groups is 1. The summed E-state index contributed by atoms with van der Waals surface area (Å²) in [4.78, 5) is 34.0. The Bertz CT molecular complexity index is 2170. The van der Waals surface area contributed by atoms with E-state index in [-0.39, 0.29) is 18.8 Å². The molecule has 6 rings (SSSR count). The van der Waals surface area contributed by atoms with Crippen molar-refractivity contribution >= 4 is 78.9 Å². The Morgan fingerprint density at radius 3 is 2.64 bits per heavy atom. The lowest BCUT2D eigenvalue weighted by Crippen LogP contribution is -2.39. The number of thiazole rings is 1. The summed E-state index contributed by atoms with van der Waals surface area (Å²) in [6.07, 6.45) is 1.80. The Kier molecular flexibility index (Phi) is 9.46. The lowest BCUT2D eigenvalue weighted by Gasteiger charge is -2.24. The Balaban J connectivity index is 1.54. The van der Waals surface area contributed by atoms with Gasteiger partial charge in [-0.25, -0.2) is 9.79 Å². The molecule has 1 aliphatic rings. The third-order valence-corrected chi connectivity index (χ3v) is 10.2. The molecule has 0 fully saturated rings. The molecule has 0 unspecified atom stereocenters. The topological polar surface area (TPSA) is 93.7 Å². The first-order chi connectivity index (χ1) is 21.9. The predicted molar refractivity (Wildman–Crippen MR) is 188 cm³/mol. The van der Waals surface area contributed by atoms with E-state index >= 15 is 0 Å². The van der Waals surface area contributed by atoms with Gasteiger partial charge in [0.05, 0.1) is 37.6 Å². The first kappa shape index (κ1) is 31.2. The number of rotatable bonds is 8. The molecule has 3 heterocycles. The fourth-order valence-corrected chi connectivity index (χ4v) is 8.56. The summed E-state index contributed by atoms with van der Waals surface area (Å²) in [5, 5.41) is 11.5. The molecule has 2 aromatic heterocycles. The summed E-state index contributed by atoms with van der Waals surface area (Å²) in [7, 11) is 0. The van der Waals surface area contributed by atoms with Crippen LogP contribution in [0.3, 0.4) is 0 Å². The van der Waals surface area contributed by atoms with Crippen LogP contribution in [0.2, 0.25) is 0 Å². The molecule has 45 heavy (non-hydrogen) atoms. The van der Waals surface area contributed by atoms with Crippen molar-refractivity contribution < 1.29 is 14.3 Å². The van der Waals surface area contributed by atoms with Gasteiger partial charge in [0.1, 0.15) is 18.4 Å². The molecule has 0 spiro atoms. The van der Waals surface area contributed by atoms with E-state index in [9.17, 15) is 14.9 Å². The number of nitrogens with zero attached hydrogens (tertiary/aromatic N) is 3. The van der Waals surface area contributed by atoms with E-state index in [0.717, 1.165) is 24.0 Å². The molecule has 0 saturated carbocycles. The van der Waals surface area contributed by atoms with Gasteiger partial charge in [-0.15, -0.1) is 11.3 Å². The number of fused-ring (bicyclic) bond motifs is 1. The van der Waals surface area contributed by atoms with Crippen LogP contribution in [0.1, 0.15) is 40.1 Å². The van der Waals surface area contributed by atoms with Crippen LogP contribution in [0.4, 0.5) is 0 Å². The van der Waals surface area contributed by atoms with Gasteiger partial charge in [0.25, 0.3) is 5.56 Å². The molecular weight excluding hydrogens is 785 g/mol. The van der Waals surface area contributed by atoms with Crippen LogP contribution in [0.25, 0.3) is 11.8 Å². The van der Waals surface area contributed by atoms with Crippen molar-refractivity contribution in [1.82, 2.24) is 4.57 Å². The summed E-state index contributed by atoms with van der Waals surface area (Å²) < 4.78 is 15.5. The van der Waals surface area contributed by atoms with Crippen molar-refractivity contribution in [2.24, 2.45) is 4.99 Å². The second kappa shape index (κ2) is 13.7. The van der Waals surface area contributed by atoms with Gasteiger partial charge in [-0.1, -0.05) is 81.9 Å². The van der Waals surface area contributed by atoms with E-state index in [1.807, 2.05) is 78.2 Å². The molecule has 7 nitrogen and oxygen atoms in total. The zero-order chi connectivity index (χ0) is 31.5. The Morgan fingerprint density at radius 1 is 1.13 bits per heavy atom. The number of aromatic nitrogens is 1. The van der Waals surface area contributed by atoms with E-state index in [4.69, 9.17) is 14.5 Å². The number of thiophene rings is 1. The average molecular weight is 809 g/mol. The first-order valence-corrected chi connectivity index (χ1v) is 17.4. The molecule has 0 bridgehead atoms. The van der Waals surface area contributed by atoms with Crippen LogP contribution >= 0.6 is 61.2 Å². The average Bonchev–Trinajstić information content (AvgIpc) is 3.69. The van der Waals surface area contributed by atoms with E-state index in [1.165, 1.54) is 22.7 Å². The third-order valence-electron chi connectivity index (χ3n) is 7.02. The fraction of sp³-hybridized carbons (Fsp3) is 0.118. The highest BCUT2D eigenvalue weighted by Gasteiger charge is 2.35. The van der Waals surface area contributed by atoms with Gasteiger partial charge in [0, 0.05) is 26.0 Å². The Hall–Kier alpha value is -3.83. The zero-order valence-electron chi connectivity index (χ0n) is 23.7. The lowest BCUT2D eigenvalue weighted by molar-refractivity contribution is -0.138. The maximum absolute atomic E-state index is 14.3. The van der Waals surface area contributed by atoms with E-state index in [2.05, 4.69) is 44.6 Å². The SMILES string of the molecule is CCOC(=O)C1=C(c2ccccc2)N=c2s/c(=C\c3cc(Br)cc(I)c3OCc3ccccc3C#N)c(=O)n2[C@@H]1c1cccs1. The minimum Gasteiger partial charge on any atom is -0.487 e. The minimum atomic E-state index is -0.710. The summed E-state index contributed by atoms with van der Waals surface area (Å²) in [6, 6.07) is 25.9. The van der Waals surface area contributed by atoms with Crippen molar-refractivity contribution in [1.29, 1.82) is 5.26 Å². The van der Waals surface area contributed by atoms with Gasteiger partial charge in [0.2, 0.25) is 0 Å². The van der Waals surface area contributed by atoms with Crippen molar-refractivity contribution in [3.05, 3.63) is 145 Å². The van der Waals surface area contributed by atoms with Crippen LogP contribution in [0.5, 0.6) is 5.75 Å². The Labute approximate surface area is 288 Å². The quantitative estimate of drug-likeness (QED) is 0.127. The van der Waals surface area contributed by atoms with Gasteiger partial charge < -0.3 is 9.47 Å². The summed E-state index contributed by atoms with van der Waals surface area (Å²) in [5.74, 6) is 0.0760. The molecule has 0 N–H and O–H groups in total. The van der Waals surface area contributed by atoms with Crippen molar-refractivity contribution in [3.8, 4) is 11.8 Å². The monoisotopic (exact) mass is 807 g/mol.